The van der Waals surface area contributed by atoms with E-state index >= 15 is 0 Å². The van der Waals surface area contributed by atoms with Gasteiger partial charge in [-0.25, -0.2) is 4.79 Å². The molecule has 0 aromatic heterocycles. The molecule has 2 unspecified atom stereocenters. The van der Waals surface area contributed by atoms with Gasteiger partial charge in [-0.1, -0.05) is 20.3 Å². The zero-order valence-electron chi connectivity index (χ0n) is 13.0. The number of ether oxygens (including phenoxy) is 1. The van der Waals surface area contributed by atoms with Gasteiger partial charge in [-0.3, -0.25) is 10.1 Å². The normalized spacial score (nSPS) is 33.5. The molecule has 2 bridgehead atoms. The molecule has 22 heavy (non-hydrogen) atoms. The summed E-state index contributed by atoms with van der Waals surface area (Å²) in [6.45, 7) is 4.43. The van der Waals surface area contributed by atoms with E-state index < -0.39 is 4.92 Å². The first-order valence-corrected chi connectivity index (χ1v) is 7.80. The van der Waals surface area contributed by atoms with E-state index in [4.69, 9.17) is 4.74 Å². The Kier molecular flexibility index (Phi) is 3.46. The van der Waals surface area contributed by atoms with Crippen molar-refractivity contribution in [3.63, 3.8) is 0 Å². The number of nitrogens with zero attached hydrogens (tertiary/aromatic N) is 1. The fourth-order valence-corrected chi connectivity index (χ4v) is 4.26. The lowest BCUT2D eigenvalue weighted by molar-refractivity contribution is -0.384. The molecule has 2 saturated carbocycles. The molecule has 5 nitrogen and oxygen atoms in total. The number of nitro benzene ring substituents is 1. The van der Waals surface area contributed by atoms with Crippen LogP contribution in [0.5, 0.6) is 0 Å². The first-order chi connectivity index (χ1) is 10.3. The molecule has 0 amide bonds. The molecule has 118 valence electrons. The van der Waals surface area contributed by atoms with Crippen molar-refractivity contribution < 1.29 is 14.5 Å². The largest absolute Gasteiger partial charge is 0.458 e. The third-order valence-electron chi connectivity index (χ3n) is 5.57. The van der Waals surface area contributed by atoms with Gasteiger partial charge in [0.05, 0.1) is 10.5 Å². The molecule has 0 aliphatic heterocycles. The molecule has 0 spiro atoms. The number of nitro groups is 1. The Hall–Kier alpha value is -1.91. The number of carbonyl (C=O) groups excluding carboxylic acids is 1. The van der Waals surface area contributed by atoms with Gasteiger partial charge in [-0.15, -0.1) is 0 Å². The summed E-state index contributed by atoms with van der Waals surface area (Å²) in [6, 6.07) is 5.62. The average Bonchev–Trinajstić information content (AvgIpc) is 2.63. The van der Waals surface area contributed by atoms with Crippen LogP contribution < -0.4 is 0 Å². The van der Waals surface area contributed by atoms with Crippen LogP contribution >= 0.6 is 0 Å². The number of esters is 1. The second-order valence-electron chi connectivity index (χ2n) is 7.25. The van der Waals surface area contributed by atoms with E-state index in [1.54, 1.807) is 0 Å². The Morgan fingerprint density at radius 3 is 2.18 bits per heavy atom. The summed E-state index contributed by atoms with van der Waals surface area (Å²) in [7, 11) is 0. The van der Waals surface area contributed by atoms with Crippen molar-refractivity contribution in [3.05, 3.63) is 39.9 Å². The van der Waals surface area contributed by atoms with Gasteiger partial charge in [0, 0.05) is 23.0 Å². The molecule has 2 atom stereocenters. The van der Waals surface area contributed by atoms with Gasteiger partial charge < -0.3 is 4.74 Å². The van der Waals surface area contributed by atoms with Crippen LogP contribution in [0.4, 0.5) is 5.69 Å². The minimum atomic E-state index is -0.474. The van der Waals surface area contributed by atoms with E-state index in [2.05, 4.69) is 13.8 Å². The minimum absolute atomic E-state index is 0.0202. The van der Waals surface area contributed by atoms with Gasteiger partial charge in [0.25, 0.3) is 5.69 Å². The van der Waals surface area contributed by atoms with Crippen LogP contribution in [0, 0.1) is 20.9 Å². The predicted octanol–water partition coefficient (Wildman–Crippen LogP) is 4.11. The number of non-ortho nitro benzene ring substituents is 1. The third-order valence-corrected chi connectivity index (χ3v) is 5.57. The van der Waals surface area contributed by atoms with Gasteiger partial charge in [-0.2, -0.15) is 0 Å². The number of benzene rings is 1. The monoisotopic (exact) mass is 303 g/mol. The van der Waals surface area contributed by atoms with Gasteiger partial charge >= 0.3 is 5.97 Å². The van der Waals surface area contributed by atoms with Crippen molar-refractivity contribution in [2.24, 2.45) is 10.8 Å². The summed E-state index contributed by atoms with van der Waals surface area (Å²) in [5, 5.41) is 10.7. The highest BCUT2D eigenvalue weighted by atomic mass is 16.6. The molecule has 3 rings (SSSR count). The molecular weight excluding hydrogens is 282 g/mol. The fraction of sp³-hybridized carbons (Fsp3) is 0.588. The predicted molar refractivity (Wildman–Crippen MR) is 81.6 cm³/mol. The van der Waals surface area contributed by atoms with Crippen LogP contribution in [0.25, 0.3) is 0 Å². The summed E-state index contributed by atoms with van der Waals surface area (Å²) in [4.78, 5) is 22.6. The first kappa shape index (κ1) is 15.0. The summed E-state index contributed by atoms with van der Waals surface area (Å²) >= 11 is 0. The second-order valence-corrected chi connectivity index (χ2v) is 7.25. The van der Waals surface area contributed by atoms with Crippen LogP contribution in [-0.4, -0.2) is 17.0 Å². The SMILES string of the molecule is CC12CCCC(C)(CC1)C2OC(=O)c1ccc([N+](=O)[O-])cc1. The van der Waals surface area contributed by atoms with E-state index in [9.17, 15) is 14.9 Å². The van der Waals surface area contributed by atoms with E-state index in [-0.39, 0.29) is 28.6 Å². The number of fused-ring (bicyclic) bond motifs is 2. The Bertz CT molecular complexity index is 594. The maximum absolute atomic E-state index is 12.4. The van der Waals surface area contributed by atoms with Crippen molar-refractivity contribution in [1.82, 2.24) is 0 Å². The zero-order valence-corrected chi connectivity index (χ0v) is 13.0. The van der Waals surface area contributed by atoms with Gasteiger partial charge in [0.2, 0.25) is 0 Å². The molecule has 2 aliphatic rings. The standard InChI is InChI=1S/C17H21NO4/c1-16-8-3-9-17(2,11-10-16)15(16)22-14(19)12-4-6-13(7-5-12)18(20)21/h4-7,15H,3,8-11H2,1-2H3. The van der Waals surface area contributed by atoms with Crippen molar-refractivity contribution >= 4 is 11.7 Å². The van der Waals surface area contributed by atoms with Gasteiger partial charge in [-0.05, 0) is 37.8 Å². The summed E-state index contributed by atoms with van der Waals surface area (Å²) in [5.74, 6) is -0.374. The van der Waals surface area contributed by atoms with Crippen LogP contribution in [0.3, 0.4) is 0 Å². The minimum Gasteiger partial charge on any atom is -0.458 e. The van der Waals surface area contributed by atoms with Gasteiger partial charge in [0.1, 0.15) is 6.10 Å². The number of hydrogen-bond acceptors (Lipinski definition) is 4. The average molecular weight is 303 g/mol. The van der Waals surface area contributed by atoms with Gasteiger partial charge in [0.15, 0.2) is 0 Å². The molecular formula is C17H21NO4. The number of rotatable bonds is 3. The first-order valence-electron chi connectivity index (χ1n) is 7.80. The van der Waals surface area contributed by atoms with E-state index in [1.165, 1.54) is 30.7 Å². The van der Waals surface area contributed by atoms with Crippen molar-refractivity contribution in [1.29, 1.82) is 0 Å². The zero-order chi connectivity index (χ0) is 16.0. The molecule has 5 heteroatoms. The Labute approximate surface area is 129 Å². The third kappa shape index (κ3) is 2.38. The molecule has 0 radical (unpaired) electrons. The van der Waals surface area contributed by atoms with E-state index in [0.717, 1.165) is 25.7 Å². The quantitative estimate of drug-likeness (QED) is 0.478. The topological polar surface area (TPSA) is 69.4 Å². The highest BCUT2D eigenvalue weighted by Crippen LogP contribution is 2.59. The molecule has 0 heterocycles. The molecule has 1 aromatic rings. The highest BCUT2D eigenvalue weighted by Gasteiger charge is 2.56. The molecule has 2 aliphatic carbocycles. The van der Waals surface area contributed by atoms with E-state index in [0.29, 0.717) is 5.56 Å². The Morgan fingerprint density at radius 2 is 1.68 bits per heavy atom. The molecule has 0 saturated heterocycles. The van der Waals surface area contributed by atoms with Crippen molar-refractivity contribution in [2.45, 2.75) is 52.1 Å². The van der Waals surface area contributed by atoms with Crippen LogP contribution in [0.15, 0.2) is 24.3 Å². The lowest BCUT2D eigenvalue weighted by Crippen LogP contribution is -2.44. The molecule has 2 fully saturated rings. The highest BCUT2D eigenvalue weighted by molar-refractivity contribution is 5.89. The van der Waals surface area contributed by atoms with Crippen LogP contribution in [0.2, 0.25) is 0 Å². The lowest BCUT2D eigenvalue weighted by atomic mass is 9.68. The number of carbonyl (C=O) groups is 1. The van der Waals surface area contributed by atoms with Crippen LogP contribution in [0.1, 0.15) is 56.3 Å². The van der Waals surface area contributed by atoms with Crippen molar-refractivity contribution in [2.75, 3.05) is 0 Å². The summed E-state index contributed by atoms with van der Waals surface area (Å²) in [6.07, 6.45) is 5.53. The smallest absolute Gasteiger partial charge is 0.338 e. The summed E-state index contributed by atoms with van der Waals surface area (Å²) < 4.78 is 5.86. The molecule has 1 aromatic carbocycles. The maximum atomic E-state index is 12.4. The second kappa shape index (κ2) is 5.07. The van der Waals surface area contributed by atoms with Crippen molar-refractivity contribution in [3.8, 4) is 0 Å². The maximum Gasteiger partial charge on any atom is 0.338 e. The lowest BCUT2D eigenvalue weighted by Gasteiger charge is -2.43. The number of hydrogen-bond donors (Lipinski definition) is 0. The van der Waals surface area contributed by atoms with E-state index in [1.807, 2.05) is 0 Å². The molecule has 0 N–H and O–H groups in total. The fourth-order valence-electron chi connectivity index (χ4n) is 4.26. The Morgan fingerprint density at radius 1 is 1.14 bits per heavy atom. The Balaban J connectivity index is 1.78. The summed E-state index contributed by atoms with van der Waals surface area (Å²) in [5.41, 5.74) is 0.503. The van der Waals surface area contributed by atoms with Crippen LogP contribution in [-0.2, 0) is 4.74 Å².